The van der Waals surface area contributed by atoms with Crippen LogP contribution in [0.5, 0.6) is 5.75 Å². The van der Waals surface area contributed by atoms with E-state index in [0.717, 1.165) is 35.1 Å². The van der Waals surface area contributed by atoms with Crippen LogP contribution < -0.4 is 10.1 Å². The summed E-state index contributed by atoms with van der Waals surface area (Å²) >= 11 is 1.43. The highest BCUT2D eigenvalue weighted by atomic mass is 32.2. The standard InChI is InChI=1S/C21H32N4O2S/c1-14(2)7-8-16(5)22-19(26)13-28-21-24-23-20(25(21)15(3)4)17-9-11-18(27-6)12-10-17/h9-12,14-16H,7-8,13H2,1-6H3,(H,22,26)/t16-/m0/s1. The molecule has 0 spiro atoms. The third-order valence-corrected chi connectivity index (χ3v) is 5.39. The molecule has 7 heteroatoms. The second-order valence-corrected chi connectivity index (χ2v) is 8.67. The van der Waals surface area contributed by atoms with E-state index in [9.17, 15) is 4.79 Å². The fourth-order valence-corrected chi connectivity index (χ4v) is 3.76. The van der Waals surface area contributed by atoms with Gasteiger partial charge in [0.1, 0.15) is 5.75 Å². The first-order chi connectivity index (χ1) is 13.3. The van der Waals surface area contributed by atoms with Gasteiger partial charge in [0.05, 0.1) is 12.9 Å². The van der Waals surface area contributed by atoms with Crippen molar-refractivity contribution in [2.45, 2.75) is 64.7 Å². The lowest BCUT2D eigenvalue weighted by atomic mass is 10.0. The summed E-state index contributed by atoms with van der Waals surface area (Å²) in [6.07, 6.45) is 2.11. The van der Waals surface area contributed by atoms with Gasteiger partial charge in [0.25, 0.3) is 0 Å². The smallest absolute Gasteiger partial charge is 0.230 e. The number of nitrogens with one attached hydrogen (secondary N) is 1. The normalized spacial score (nSPS) is 12.4. The minimum Gasteiger partial charge on any atom is -0.497 e. The van der Waals surface area contributed by atoms with Crippen LogP contribution in [0.1, 0.15) is 53.5 Å². The van der Waals surface area contributed by atoms with Gasteiger partial charge in [-0.1, -0.05) is 25.6 Å². The molecule has 0 saturated heterocycles. The van der Waals surface area contributed by atoms with Crippen molar-refractivity contribution in [3.63, 3.8) is 0 Å². The largest absolute Gasteiger partial charge is 0.497 e. The highest BCUT2D eigenvalue weighted by molar-refractivity contribution is 7.99. The van der Waals surface area contributed by atoms with Crippen molar-refractivity contribution < 1.29 is 9.53 Å². The number of amides is 1. The molecule has 1 atom stereocenters. The van der Waals surface area contributed by atoms with Gasteiger partial charge in [0.15, 0.2) is 11.0 Å². The van der Waals surface area contributed by atoms with Crippen LogP contribution in [0.25, 0.3) is 11.4 Å². The first kappa shape index (κ1) is 22.3. The maximum absolute atomic E-state index is 12.3. The number of thioether (sulfide) groups is 1. The lowest BCUT2D eigenvalue weighted by Crippen LogP contribution is -2.34. The number of hydrogen-bond donors (Lipinski definition) is 1. The Balaban J connectivity index is 2.03. The van der Waals surface area contributed by atoms with E-state index in [0.29, 0.717) is 11.7 Å². The molecule has 1 aromatic carbocycles. The van der Waals surface area contributed by atoms with E-state index in [2.05, 4.69) is 54.7 Å². The third-order valence-electron chi connectivity index (χ3n) is 4.45. The van der Waals surface area contributed by atoms with Crippen LogP contribution in [0.4, 0.5) is 0 Å². The van der Waals surface area contributed by atoms with Gasteiger partial charge in [-0.3, -0.25) is 9.36 Å². The molecular weight excluding hydrogens is 372 g/mol. The minimum absolute atomic E-state index is 0.0329. The predicted molar refractivity (Wildman–Crippen MR) is 115 cm³/mol. The Bertz CT molecular complexity index is 756. The van der Waals surface area contributed by atoms with Crippen LogP contribution in [0.2, 0.25) is 0 Å². The van der Waals surface area contributed by atoms with Gasteiger partial charge < -0.3 is 10.1 Å². The van der Waals surface area contributed by atoms with Crippen LogP contribution in [0, 0.1) is 5.92 Å². The first-order valence-electron chi connectivity index (χ1n) is 9.83. The molecule has 6 nitrogen and oxygen atoms in total. The molecule has 1 heterocycles. The van der Waals surface area contributed by atoms with Crippen molar-refractivity contribution in [2.75, 3.05) is 12.9 Å². The lowest BCUT2D eigenvalue weighted by molar-refractivity contribution is -0.119. The molecule has 0 aliphatic heterocycles. The van der Waals surface area contributed by atoms with Crippen molar-refractivity contribution in [2.24, 2.45) is 5.92 Å². The molecule has 0 unspecified atom stereocenters. The van der Waals surface area contributed by atoms with E-state index in [4.69, 9.17) is 4.74 Å². The Morgan fingerprint density at radius 1 is 1.11 bits per heavy atom. The monoisotopic (exact) mass is 404 g/mol. The van der Waals surface area contributed by atoms with E-state index < -0.39 is 0 Å². The fraction of sp³-hybridized carbons (Fsp3) is 0.571. The summed E-state index contributed by atoms with van der Waals surface area (Å²) in [7, 11) is 1.65. The van der Waals surface area contributed by atoms with Crippen LogP contribution in [0.15, 0.2) is 29.4 Å². The maximum Gasteiger partial charge on any atom is 0.230 e. The number of ether oxygens (including phenoxy) is 1. The van der Waals surface area contributed by atoms with E-state index in [1.54, 1.807) is 7.11 Å². The number of nitrogens with zero attached hydrogens (tertiary/aromatic N) is 3. The minimum atomic E-state index is 0.0329. The van der Waals surface area contributed by atoms with Crippen molar-refractivity contribution in [1.29, 1.82) is 0 Å². The van der Waals surface area contributed by atoms with Crippen LogP contribution in [0.3, 0.4) is 0 Å². The molecule has 0 aliphatic rings. The number of carbonyl (C=O) groups is 1. The topological polar surface area (TPSA) is 69.0 Å². The summed E-state index contributed by atoms with van der Waals surface area (Å²) in [5.41, 5.74) is 0.973. The summed E-state index contributed by atoms with van der Waals surface area (Å²) in [5.74, 6) is 2.61. The summed E-state index contributed by atoms with van der Waals surface area (Å²) in [4.78, 5) is 12.3. The number of rotatable bonds is 10. The summed E-state index contributed by atoms with van der Waals surface area (Å²) in [5, 5.41) is 12.5. The molecular formula is C21H32N4O2S. The van der Waals surface area contributed by atoms with Crippen LogP contribution in [-0.2, 0) is 4.79 Å². The summed E-state index contributed by atoms with van der Waals surface area (Å²) < 4.78 is 7.29. The lowest BCUT2D eigenvalue weighted by Gasteiger charge is -2.16. The zero-order chi connectivity index (χ0) is 20.7. The second-order valence-electron chi connectivity index (χ2n) is 7.73. The number of aromatic nitrogens is 3. The summed E-state index contributed by atoms with van der Waals surface area (Å²) in [6.45, 7) is 10.6. The van der Waals surface area contributed by atoms with Gasteiger partial charge in [-0.05, 0) is 63.8 Å². The van der Waals surface area contributed by atoms with Crippen LogP contribution in [-0.4, -0.2) is 39.6 Å². The van der Waals surface area contributed by atoms with E-state index in [1.165, 1.54) is 11.8 Å². The second kappa shape index (κ2) is 10.5. The SMILES string of the molecule is COc1ccc(-c2nnc(SCC(=O)N[C@@H](C)CCC(C)C)n2C(C)C)cc1. The Morgan fingerprint density at radius 3 is 2.36 bits per heavy atom. The molecule has 2 aromatic rings. The van der Waals surface area contributed by atoms with Gasteiger partial charge in [-0.15, -0.1) is 10.2 Å². The molecule has 154 valence electrons. The van der Waals surface area contributed by atoms with Crippen molar-refractivity contribution in [3.8, 4) is 17.1 Å². The molecule has 0 bridgehead atoms. The summed E-state index contributed by atoms with van der Waals surface area (Å²) in [6, 6.07) is 8.13. The number of carbonyl (C=O) groups excluding carboxylic acids is 1. The Labute approximate surface area is 172 Å². The zero-order valence-electron chi connectivity index (χ0n) is 17.7. The molecule has 0 radical (unpaired) electrons. The maximum atomic E-state index is 12.3. The van der Waals surface area contributed by atoms with Crippen LogP contribution >= 0.6 is 11.8 Å². The number of hydrogen-bond acceptors (Lipinski definition) is 5. The Kier molecular flexibility index (Phi) is 8.35. The average molecular weight is 405 g/mol. The van der Waals surface area contributed by atoms with Gasteiger partial charge in [-0.2, -0.15) is 0 Å². The van der Waals surface area contributed by atoms with Gasteiger partial charge in [-0.25, -0.2) is 0 Å². The molecule has 28 heavy (non-hydrogen) atoms. The van der Waals surface area contributed by atoms with Gasteiger partial charge in [0.2, 0.25) is 5.91 Å². The predicted octanol–water partition coefficient (Wildman–Crippen LogP) is 4.57. The van der Waals surface area contributed by atoms with Crippen molar-refractivity contribution >= 4 is 17.7 Å². The Hall–Kier alpha value is -2.02. The molecule has 1 amide bonds. The van der Waals surface area contributed by atoms with E-state index in [1.807, 2.05) is 24.3 Å². The zero-order valence-corrected chi connectivity index (χ0v) is 18.5. The molecule has 0 saturated carbocycles. The highest BCUT2D eigenvalue weighted by Gasteiger charge is 2.18. The van der Waals surface area contributed by atoms with E-state index in [-0.39, 0.29) is 18.0 Å². The van der Waals surface area contributed by atoms with Crippen molar-refractivity contribution in [3.05, 3.63) is 24.3 Å². The van der Waals surface area contributed by atoms with Crippen molar-refractivity contribution in [1.82, 2.24) is 20.1 Å². The average Bonchev–Trinajstić information content (AvgIpc) is 3.09. The van der Waals surface area contributed by atoms with E-state index >= 15 is 0 Å². The molecule has 0 fully saturated rings. The molecule has 1 aromatic heterocycles. The quantitative estimate of drug-likeness (QED) is 0.588. The first-order valence-corrected chi connectivity index (χ1v) is 10.8. The van der Waals surface area contributed by atoms with Gasteiger partial charge in [0, 0.05) is 17.6 Å². The number of benzene rings is 1. The molecule has 0 aliphatic carbocycles. The third kappa shape index (κ3) is 6.26. The fourth-order valence-electron chi connectivity index (χ4n) is 2.88. The highest BCUT2D eigenvalue weighted by Crippen LogP contribution is 2.28. The molecule has 1 N–H and O–H groups in total. The van der Waals surface area contributed by atoms with Gasteiger partial charge >= 0.3 is 0 Å². The Morgan fingerprint density at radius 2 is 1.79 bits per heavy atom. The molecule has 2 rings (SSSR count). The number of methoxy groups -OCH3 is 1.